The largest absolute Gasteiger partial charge is 0.477 e. The molecule has 0 spiro atoms. The second-order valence-corrected chi connectivity index (χ2v) is 7.07. The monoisotopic (exact) mass is 394 g/mol. The fourth-order valence-corrected chi connectivity index (χ4v) is 3.58. The lowest BCUT2D eigenvalue weighted by molar-refractivity contribution is -0.130. The number of benzene rings is 2. The van der Waals surface area contributed by atoms with Gasteiger partial charge in [-0.25, -0.2) is 4.79 Å². The SMILES string of the molecule is CCCNC(=O)[C@H]1CN(C(=O)[C@@H]2Cc3ccccc3C(=O)O2)c2ccccc2O1. The van der Waals surface area contributed by atoms with Crippen LogP contribution in [0.3, 0.4) is 0 Å². The summed E-state index contributed by atoms with van der Waals surface area (Å²) in [6, 6.07) is 14.2. The van der Waals surface area contributed by atoms with Crippen molar-refractivity contribution in [2.75, 3.05) is 18.0 Å². The highest BCUT2D eigenvalue weighted by Crippen LogP contribution is 2.34. The van der Waals surface area contributed by atoms with Crippen LogP contribution in [0.5, 0.6) is 5.75 Å². The average molecular weight is 394 g/mol. The van der Waals surface area contributed by atoms with Gasteiger partial charge in [0.25, 0.3) is 11.8 Å². The summed E-state index contributed by atoms with van der Waals surface area (Å²) >= 11 is 0. The van der Waals surface area contributed by atoms with Crippen LogP contribution in [0.1, 0.15) is 29.3 Å². The Hall–Kier alpha value is -3.35. The van der Waals surface area contributed by atoms with Gasteiger partial charge in [-0.1, -0.05) is 37.3 Å². The lowest BCUT2D eigenvalue weighted by atomic mass is 9.97. The van der Waals surface area contributed by atoms with Crippen molar-refractivity contribution in [1.29, 1.82) is 0 Å². The van der Waals surface area contributed by atoms with E-state index in [1.54, 1.807) is 36.4 Å². The zero-order valence-electron chi connectivity index (χ0n) is 16.1. The number of carbonyl (C=O) groups excluding carboxylic acids is 3. The zero-order valence-corrected chi connectivity index (χ0v) is 16.1. The molecule has 2 aliphatic heterocycles. The summed E-state index contributed by atoms with van der Waals surface area (Å²) in [6.45, 7) is 2.55. The number of esters is 1. The summed E-state index contributed by atoms with van der Waals surface area (Å²) in [5.74, 6) is -0.697. The quantitative estimate of drug-likeness (QED) is 0.803. The number of amides is 2. The Morgan fingerprint density at radius 3 is 2.66 bits per heavy atom. The van der Waals surface area contributed by atoms with E-state index in [0.29, 0.717) is 30.0 Å². The molecule has 0 saturated carbocycles. The van der Waals surface area contributed by atoms with E-state index in [2.05, 4.69) is 5.32 Å². The molecule has 2 atom stereocenters. The van der Waals surface area contributed by atoms with Gasteiger partial charge in [-0.15, -0.1) is 0 Å². The normalized spacial score (nSPS) is 20.0. The lowest BCUT2D eigenvalue weighted by Crippen LogP contribution is -2.54. The summed E-state index contributed by atoms with van der Waals surface area (Å²) in [4.78, 5) is 39.6. The first kappa shape index (κ1) is 19.0. The third kappa shape index (κ3) is 3.68. The van der Waals surface area contributed by atoms with Gasteiger partial charge in [-0.05, 0) is 30.2 Å². The first-order valence-corrected chi connectivity index (χ1v) is 9.72. The van der Waals surface area contributed by atoms with Crippen molar-refractivity contribution in [3.63, 3.8) is 0 Å². The van der Waals surface area contributed by atoms with E-state index in [1.165, 1.54) is 4.90 Å². The first-order valence-electron chi connectivity index (χ1n) is 9.72. The predicted molar refractivity (Wildman–Crippen MR) is 106 cm³/mol. The molecule has 2 aliphatic rings. The van der Waals surface area contributed by atoms with E-state index in [0.717, 1.165) is 12.0 Å². The predicted octanol–water partition coefficient (Wildman–Crippen LogP) is 2.09. The molecule has 4 rings (SSSR count). The van der Waals surface area contributed by atoms with Crippen molar-refractivity contribution >= 4 is 23.5 Å². The Morgan fingerprint density at radius 1 is 1.07 bits per heavy atom. The molecule has 7 heteroatoms. The van der Waals surface area contributed by atoms with Crippen LogP contribution in [0.25, 0.3) is 0 Å². The van der Waals surface area contributed by atoms with E-state index in [-0.39, 0.29) is 18.4 Å². The molecular weight excluding hydrogens is 372 g/mol. The number of carbonyl (C=O) groups is 3. The van der Waals surface area contributed by atoms with Crippen LogP contribution in [-0.2, 0) is 20.7 Å². The maximum atomic E-state index is 13.3. The van der Waals surface area contributed by atoms with E-state index in [4.69, 9.17) is 9.47 Å². The van der Waals surface area contributed by atoms with Crippen molar-refractivity contribution in [2.24, 2.45) is 0 Å². The van der Waals surface area contributed by atoms with Crippen LogP contribution in [0.15, 0.2) is 48.5 Å². The van der Waals surface area contributed by atoms with Gasteiger partial charge in [0.1, 0.15) is 5.75 Å². The second kappa shape index (κ2) is 7.95. The Kier molecular flexibility index (Phi) is 5.20. The number of nitrogens with zero attached hydrogens (tertiary/aromatic N) is 1. The van der Waals surface area contributed by atoms with Gasteiger partial charge in [0.05, 0.1) is 17.8 Å². The minimum absolute atomic E-state index is 0.0566. The van der Waals surface area contributed by atoms with Crippen LogP contribution in [0.4, 0.5) is 5.69 Å². The van der Waals surface area contributed by atoms with Gasteiger partial charge in [0.2, 0.25) is 0 Å². The Labute approximate surface area is 168 Å². The maximum Gasteiger partial charge on any atom is 0.339 e. The van der Waals surface area contributed by atoms with Crippen molar-refractivity contribution < 1.29 is 23.9 Å². The lowest BCUT2D eigenvalue weighted by Gasteiger charge is -2.36. The van der Waals surface area contributed by atoms with Crippen LogP contribution in [0, 0.1) is 0 Å². The van der Waals surface area contributed by atoms with Gasteiger partial charge in [-0.3, -0.25) is 9.59 Å². The van der Waals surface area contributed by atoms with Gasteiger partial charge >= 0.3 is 5.97 Å². The summed E-state index contributed by atoms with van der Waals surface area (Å²) in [7, 11) is 0. The van der Waals surface area contributed by atoms with Crippen molar-refractivity contribution in [2.45, 2.75) is 32.0 Å². The average Bonchev–Trinajstić information content (AvgIpc) is 2.76. The summed E-state index contributed by atoms with van der Waals surface area (Å²) in [5.41, 5.74) is 1.82. The van der Waals surface area contributed by atoms with Crippen molar-refractivity contribution in [3.8, 4) is 5.75 Å². The number of ether oxygens (including phenoxy) is 2. The topological polar surface area (TPSA) is 84.9 Å². The van der Waals surface area contributed by atoms with E-state index in [9.17, 15) is 14.4 Å². The molecule has 2 heterocycles. The first-order chi connectivity index (χ1) is 14.1. The summed E-state index contributed by atoms with van der Waals surface area (Å²) in [6.07, 6.45) is -0.669. The molecule has 150 valence electrons. The molecule has 29 heavy (non-hydrogen) atoms. The van der Waals surface area contributed by atoms with Crippen LogP contribution < -0.4 is 15.0 Å². The molecule has 0 aromatic heterocycles. The van der Waals surface area contributed by atoms with Crippen LogP contribution in [-0.4, -0.2) is 43.1 Å². The number of fused-ring (bicyclic) bond motifs is 2. The summed E-state index contributed by atoms with van der Waals surface area (Å²) < 4.78 is 11.3. The van der Waals surface area contributed by atoms with Crippen molar-refractivity contribution in [3.05, 3.63) is 59.7 Å². The van der Waals surface area contributed by atoms with Gasteiger partial charge in [0, 0.05) is 13.0 Å². The third-order valence-electron chi connectivity index (χ3n) is 5.05. The summed E-state index contributed by atoms with van der Waals surface area (Å²) in [5, 5.41) is 2.80. The molecule has 7 nitrogen and oxygen atoms in total. The molecule has 0 aliphatic carbocycles. The molecule has 2 amide bonds. The second-order valence-electron chi connectivity index (χ2n) is 7.07. The van der Waals surface area contributed by atoms with E-state index in [1.807, 2.05) is 19.1 Å². The Morgan fingerprint density at radius 2 is 1.83 bits per heavy atom. The minimum Gasteiger partial charge on any atom is -0.477 e. The van der Waals surface area contributed by atoms with E-state index < -0.39 is 18.2 Å². The molecule has 0 fully saturated rings. The fraction of sp³-hybridized carbons (Fsp3) is 0.318. The highest BCUT2D eigenvalue weighted by molar-refractivity contribution is 6.03. The molecule has 1 N–H and O–H groups in total. The maximum absolute atomic E-state index is 13.3. The third-order valence-corrected chi connectivity index (χ3v) is 5.05. The van der Waals surface area contributed by atoms with E-state index >= 15 is 0 Å². The highest BCUT2D eigenvalue weighted by Gasteiger charge is 2.39. The van der Waals surface area contributed by atoms with Crippen LogP contribution in [0.2, 0.25) is 0 Å². The minimum atomic E-state index is -0.942. The number of hydrogen-bond acceptors (Lipinski definition) is 5. The smallest absolute Gasteiger partial charge is 0.339 e. The standard InChI is InChI=1S/C22H22N2O5/c1-2-11-23-20(25)19-13-24(16-9-5-6-10-17(16)28-19)21(26)18-12-14-7-3-4-8-15(14)22(27)29-18/h3-10,18-19H,2,11-13H2,1H3,(H,23,25)/t18-,19+/m0/s1. The molecule has 0 saturated heterocycles. The number of anilines is 1. The molecule has 0 bridgehead atoms. The highest BCUT2D eigenvalue weighted by atomic mass is 16.5. The van der Waals surface area contributed by atoms with Gasteiger partial charge in [0.15, 0.2) is 12.2 Å². The Balaban J connectivity index is 1.60. The zero-order chi connectivity index (χ0) is 20.4. The van der Waals surface area contributed by atoms with Gasteiger partial charge < -0.3 is 19.7 Å². The number of para-hydroxylation sites is 2. The Bertz CT molecular complexity index is 958. The number of rotatable bonds is 4. The fourth-order valence-electron chi connectivity index (χ4n) is 3.58. The molecule has 2 aromatic carbocycles. The van der Waals surface area contributed by atoms with Gasteiger partial charge in [-0.2, -0.15) is 0 Å². The number of nitrogens with one attached hydrogen (secondary N) is 1. The molecular formula is C22H22N2O5. The number of cyclic esters (lactones) is 1. The van der Waals surface area contributed by atoms with Crippen LogP contribution >= 0.6 is 0 Å². The number of hydrogen-bond donors (Lipinski definition) is 1. The molecule has 2 aromatic rings. The molecule has 0 radical (unpaired) electrons. The van der Waals surface area contributed by atoms with Crippen molar-refractivity contribution in [1.82, 2.24) is 5.32 Å². The molecule has 0 unspecified atom stereocenters.